The Morgan fingerprint density at radius 1 is 0.640 bits per heavy atom. The van der Waals surface area contributed by atoms with Gasteiger partial charge in [-0.05, 0) is 117 Å². The zero-order chi connectivity index (χ0) is 64.8. The molecule has 28 atom stereocenters. The number of nitrogens with one attached hydrogen (secondary N) is 1. The van der Waals surface area contributed by atoms with E-state index >= 15 is 4.79 Å². The summed E-state index contributed by atoms with van der Waals surface area (Å²) >= 11 is 0. The number of carbonyl (C=O) groups excluding carboxylic acids is 3. The standard InChI is InChI=1S/C65H107NO23/c1-34-53(87-57-52(80)50(78)39(72)32-83-57)49(77)36(29-68)56(84-34)88-54-51(79)47(66-46(75)16-14-12-10-8-9-11-13-15-25-82-55-35(28-67)48(76)41(31-70)86-55)40(30-69)85-58(54)89-59(81)65-24-23-60(2,3)26-38(65)37-17-18-43-61(4)21-20-44(73)62(5,33-71)42(61)19-22-63(43,6)64(37,7)27-45(65)74/h17,33-36,38-45,47-58,67-70,72-74,76-80H,8-16,18-32H2,1-7H3,(H,66,75)/t34?,35?,36?,38?,39-,40?,41+,42+,43?,44+,45?,47+,48?,49?,50?,51?,52?,53+,54?,55-,56+,57+,58+,61?,62?,63?,64?,65-/m1/s1. The van der Waals surface area contributed by atoms with E-state index in [4.69, 9.17) is 37.9 Å². The van der Waals surface area contributed by atoms with Gasteiger partial charge in [0, 0.05) is 13.0 Å². The van der Waals surface area contributed by atoms with Crippen LogP contribution in [0.15, 0.2) is 11.6 Å². The summed E-state index contributed by atoms with van der Waals surface area (Å²) in [5.74, 6) is -3.73. The van der Waals surface area contributed by atoms with Crippen LogP contribution in [0.1, 0.15) is 164 Å². The number of fused-ring (bicyclic) bond motifs is 7. The Balaban J connectivity index is 0.905. The van der Waals surface area contributed by atoms with Crippen LogP contribution in [0.3, 0.4) is 0 Å². The number of aliphatic hydroxyl groups is 12. The molecule has 5 aliphatic carbocycles. The summed E-state index contributed by atoms with van der Waals surface area (Å²) in [6, 6.07) is -1.36. The van der Waals surface area contributed by atoms with Gasteiger partial charge in [0.1, 0.15) is 54.4 Å². The molecule has 0 aromatic heterocycles. The molecule has 9 aliphatic rings. The van der Waals surface area contributed by atoms with Crippen molar-refractivity contribution in [2.24, 2.45) is 62.1 Å². The zero-order valence-corrected chi connectivity index (χ0v) is 53.3. The van der Waals surface area contributed by atoms with Crippen molar-refractivity contribution in [2.45, 2.75) is 275 Å². The van der Waals surface area contributed by atoms with Crippen LogP contribution in [0.5, 0.6) is 0 Å². The molecule has 13 N–H and O–H groups in total. The topological polar surface area (TPSA) is 380 Å². The van der Waals surface area contributed by atoms with Gasteiger partial charge in [0.25, 0.3) is 0 Å². The maximum atomic E-state index is 15.8. The van der Waals surface area contributed by atoms with E-state index in [-0.39, 0.29) is 60.6 Å². The van der Waals surface area contributed by atoms with Crippen LogP contribution in [0.2, 0.25) is 0 Å². The van der Waals surface area contributed by atoms with Crippen LogP contribution in [-0.2, 0) is 52.3 Å². The highest BCUT2D eigenvalue weighted by Crippen LogP contribution is 2.76. The van der Waals surface area contributed by atoms with Gasteiger partial charge in [-0.3, -0.25) is 9.59 Å². The van der Waals surface area contributed by atoms with Gasteiger partial charge in [-0.15, -0.1) is 0 Å². The van der Waals surface area contributed by atoms with Gasteiger partial charge in [0.2, 0.25) is 12.2 Å². The Labute approximate surface area is 523 Å². The van der Waals surface area contributed by atoms with E-state index in [1.54, 1.807) is 0 Å². The number of esters is 1. The molecule has 9 rings (SSSR count). The Hall–Kier alpha value is -2.41. The van der Waals surface area contributed by atoms with Gasteiger partial charge in [-0.1, -0.05) is 91.7 Å². The van der Waals surface area contributed by atoms with Crippen molar-refractivity contribution < 1.29 is 114 Å². The third-order valence-electron chi connectivity index (χ3n) is 24.1. The summed E-state index contributed by atoms with van der Waals surface area (Å²) in [6.45, 7) is 12.2. The lowest BCUT2D eigenvalue weighted by atomic mass is 9.33. The third kappa shape index (κ3) is 13.2. The number of amides is 1. The van der Waals surface area contributed by atoms with E-state index in [2.05, 4.69) is 46.0 Å². The molecule has 0 aromatic rings. The van der Waals surface area contributed by atoms with Gasteiger partial charge in [0.05, 0.1) is 86.8 Å². The molecule has 0 radical (unpaired) electrons. The van der Waals surface area contributed by atoms with Gasteiger partial charge < -0.3 is 109 Å². The van der Waals surface area contributed by atoms with E-state index in [0.29, 0.717) is 45.1 Å². The Morgan fingerprint density at radius 2 is 1.28 bits per heavy atom. The highest BCUT2D eigenvalue weighted by atomic mass is 16.8. The fraction of sp³-hybridized carbons (Fsp3) is 0.923. The van der Waals surface area contributed by atoms with E-state index in [9.17, 15) is 70.9 Å². The van der Waals surface area contributed by atoms with Crippen molar-refractivity contribution in [3.8, 4) is 0 Å². The van der Waals surface area contributed by atoms with Gasteiger partial charge in [0.15, 0.2) is 25.0 Å². The quantitative estimate of drug-likeness (QED) is 0.0282. The monoisotopic (exact) mass is 1270 g/mol. The maximum Gasteiger partial charge on any atom is 0.317 e. The highest BCUT2D eigenvalue weighted by Gasteiger charge is 2.72. The molecule has 0 aromatic carbocycles. The number of unbranched alkanes of at least 4 members (excludes halogenated alkanes) is 7. The van der Waals surface area contributed by atoms with Crippen LogP contribution in [-0.4, -0.2) is 230 Å². The lowest BCUT2D eigenvalue weighted by Crippen LogP contribution is -2.69. The molecule has 24 heteroatoms. The molecule has 4 aliphatic heterocycles. The van der Waals surface area contributed by atoms with Crippen LogP contribution >= 0.6 is 0 Å². The lowest BCUT2D eigenvalue weighted by Gasteiger charge is -2.71. The van der Waals surface area contributed by atoms with Crippen LogP contribution in [0.25, 0.3) is 0 Å². The first kappa shape index (κ1) is 70.9. The summed E-state index contributed by atoms with van der Waals surface area (Å²) in [5.41, 5.74) is -2.92. The number of allylic oxidation sites excluding steroid dienone is 2. The molecule has 89 heavy (non-hydrogen) atoms. The Bertz CT molecular complexity index is 2420. The van der Waals surface area contributed by atoms with Gasteiger partial charge >= 0.3 is 5.97 Å². The van der Waals surface area contributed by atoms with Crippen LogP contribution in [0, 0.1) is 62.1 Å². The average Bonchev–Trinajstić information content (AvgIpc) is 0.787. The summed E-state index contributed by atoms with van der Waals surface area (Å²) in [7, 11) is 0. The highest BCUT2D eigenvalue weighted by molar-refractivity contribution is 5.80. The molecule has 510 valence electrons. The number of rotatable bonds is 24. The predicted octanol–water partition coefficient (Wildman–Crippen LogP) is 1.54. The molecule has 4 saturated carbocycles. The van der Waals surface area contributed by atoms with Gasteiger partial charge in [-0.2, -0.15) is 0 Å². The molecule has 0 spiro atoms. The largest absolute Gasteiger partial charge is 0.432 e. The molecule has 24 nitrogen and oxygen atoms in total. The number of carbonyl (C=O) groups is 3. The van der Waals surface area contributed by atoms with E-state index in [1.807, 2.05) is 6.92 Å². The van der Waals surface area contributed by atoms with Crippen molar-refractivity contribution in [1.29, 1.82) is 0 Å². The molecular weight excluding hydrogens is 1160 g/mol. The van der Waals surface area contributed by atoms with E-state index in [1.165, 1.54) is 6.92 Å². The molecular formula is C65H107NO23. The number of aldehydes is 1. The fourth-order valence-corrected chi connectivity index (χ4v) is 18.3. The number of ether oxygens (including phenoxy) is 8. The normalized spacial score (nSPS) is 47.8. The molecule has 4 saturated heterocycles. The molecule has 17 unspecified atom stereocenters. The predicted molar refractivity (Wildman–Crippen MR) is 315 cm³/mol. The minimum absolute atomic E-state index is 0.0522. The van der Waals surface area contributed by atoms with Crippen LogP contribution in [0.4, 0.5) is 0 Å². The first-order chi connectivity index (χ1) is 42.1. The first-order valence-electron chi connectivity index (χ1n) is 33.2. The van der Waals surface area contributed by atoms with Crippen molar-refractivity contribution in [1.82, 2.24) is 5.32 Å². The summed E-state index contributed by atoms with van der Waals surface area (Å²) in [5, 5.41) is 134. The second kappa shape index (κ2) is 28.5. The van der Waals surface area contributed by atoms with Crippen molar-refractivity contribution in [3.63, 3.8) is 0 Å². The fourth-order valence-electron chi connectivity index (χ4n) is 18.3. The number of aliphatic hydroxyl groups excluding tert-OH is 12. The lowest BCUT2D eigenvalue weighted by molar-refractivity contribution is -0.365. The summed E-state index contributed by atoms with van der Waals surface area (Å²) < 4.78 is 48.5. The van der Waals surface area contributed by atoms with Crippen LogP contribution < -0.4 is 5.32 Å². The SMILES string of the molecule is CC1O[C@@H](OC2C(O)[C@@H](NC(=O)CCCCCCCCCCO[C@@H]3O[C@@H](CO)C(O)C3CO)C(CO)O[C@H]2OC(=O)[C@]23CCC(C)(C)CC2C2=CCC4C5(C)CC[C@H](O)C(C)(C=O)[C@H]5CCC4(C)C2(C)CC3O)C(CO)C(O)[C@H]1O[C@@H]1OC[C@@H](O)C(O)C1O. The minimum Gasteiger partial charge on any atom is -0.432 e. The summed E-state index contributed by atoms with van der Waals surface area (Å²) in [4.78, 5) is 42.5. The smallest absolute Gasteiger partial charge is 0.317 e. The van der Waals surface area contributed by atoms with Gasteiger partial charge in [-0.25, -0.2) is 0 Å². The Morgan fingerprint density at radius 3 is 1.94 bits per heavy atom. The second-order valence-electron chi connectivity index (χ2n) is 29.7. The van der Waals surface area contributed by atoms with E-state index in [0.717, 1.165) is 69.6 Å². The Kier molecular flexibility index (Phi) is 22.7. The zero-order valence-electron chi connectivity index (χ0n) is 53.3. The first-order valence-corrected chi connectivity index (χ1v) is 33.2. The maximum absolute atomic E-state index is 15.8. The summed E-state index contributed by atoms with van der Waals surface area (Å²) in [6.07, 6.45) is -8.53. The molecule has 1 amide bonds. The van der Waals surface area contributed by atoms with Crippen molar-refractivity contribution in [2.75, 3.05) is 39.6 Å². The average molecular weight is 1270 g/mol. The van der Waals surface area contributed by atoms with Crippen molar-refractivity contribution in [3.05, 3.63) is 11.6 Å². The van der Waals surface area contributed by atoms with Crippen molar-refractivity contribution >= 4 is 18.2 Å². The number of hydrogen-bond donors (Lipinski definition) is 13. The van der Waals surface area contributed by atoms with E-state index < -0.39 is 176 Å². The number of hydrogen-bond acceptors (Lipinski definition) is 23. The molecule has 0 bridgehead atoms. The minimum atomic E-state index is -1.83. The second-order valence-corrected chi connectivity index (χ2v) is 29.7. The molecule has 8 fully saturated rings. The third-order valence-corrected chi connectivity index (χ3v) is 24.1. The molecule has 4 heterocycles.